The number of anilines is 3. The third-order valence-electron chi connectivity index (χ3n) is 9.36. The second kappa shape index (κ2) is 12.7. The fraction of sp³-hybridized carbons (Fsp3) is 0.0909. The van der Waals surface area contributed by atoms with Gasteiger partial charge in [0, 0.05) is 16.8 Å². The van der Waals surface area contributed by atoms with E-state index in [1.165, 1.54) is 10.6 Å². The predicted octanol–water partition coefficient (Wildman–Crippen LogP) is 13.0. The number of para-hydroxylation sites is 1. The fourth-order valence-electron chi connectivity index (χ4n) is 6.74. The lowest BCUT2D eigenvalue weighted by molar-refractivity contribution is 0.477. The number of thiazole rings is 2. The molecule has 2 aromatic heterocycles. The summed E-state index contributed by atoms with van der Waals surface area (Å²) in [7, 11) is 0. The lowest BCUT2D eigenvalue weighted by Gasteiger charge is -2.33. The van der Waals surface area contributed by atoms with E-state index in [-0.39, 0.29) is 0 Å². The number of rotatable bonds is 7. The van der Waals surface area contributed by atoms with Gasteiger partial charge in [0.15, 0.2) is 11.5 Å². The molecule has 242 valence electrons. The summed E-state index contributed by atoms with van der Waals surface area (Å²) >= 11 is 3.47. The Kier molecular flexibility index (Phi) is 7.76. The molecule has 0 unspecified atom stereocenters. The van der Waals surface area contributed by atoms with Gasteiger partial charge >= 0.3 is 0 Å². The molecular formula is C44H33N3OS2. The van der Waals surface area contributed by atoms with Crippen LogP contribution >= 0.6 is 22.7 Å². The summed E-state index contributed by atoms with van der Waals surface area (Å²) < 4.78 is 6.75. The topological polar surface area (TPSA) is 38.2 Å². The summed E-state index contributed by atoms with van der Waals surface area (Å²) in [6.07, 6.45) is 9.35. The molecule has 5 aromatic carbocycles. The molecule has 0 radical (unpaired) electrons. The van der Waals surface area contributed by atoms with Crippen LogP contribution in [0.5, 0.6) is 11.5 Å². The van der Waals surface area contributed by atoms with Gasteiger partial charge in [-0.25, -0.2) is 9.97 Å². The van der Waals surface area contributed by atoms with Crippen molar-refractivity contribution in [2.24, 2.45) is 0 Å². The van der Waals surface area contributed by atoms with Gasteiger partial charge in [0.25, 0.3) is 0 Å². The molecule has 6 heteroatoms. The van der Waals surface area contributed by atoms with Gasteiger partial charge in [0.05, 0.1) is 32.5 Å². The first-order chi connectivity index (χ1) is 24.6. The number of aromatic nitrogens is 2. The zero-order chi connectivity index (χ0) is 33.6. The molecule has 0 bridgehead atoms. The molecule has 9 rings (SSSR count). The highest BCUT2D eigenvalue weighted by atomic mass is 32.1. The second-order valence-electron chi connectivity index (χ2n) is 12.5. The quantitative estimate of drug-likeness (QED) is 0.168. The number of nitrogens with zero attached hydrogens (tertiary/aromatic N) is 3. The van der Waals surface area contributed by atoms with Gasteiger partial charge in [-0.05, 0) is 84.0 Å². The van der Waals surface area contributed by atoms with Crippen LogP contribution in [0, 0.1) is 0 Å². The van der Waals surface area contributed by atoms with Crippen molar-refractivity contribution >= 4 is 51.9 Å². The van der Waals surface area contributed by atoms with E-state index in [0.29, 0.717) is 0 Å². The molecule has 0 atom stereocenters. The minimum atomic E-state index is 0.820. The lowest BCUT2D eigenvalue weighted by atomic mass is 10.00. The highest BCUT2D eigenvalue weighted by Crippen LogP contribution is 2.52. The van der Waals surface area contributed by atoms with Crippen LogP contribution in [0.1, 0.15) is 34.5 Å². The molecule has 7 aromatic rings. The zero-order valence-electron chi connectivity index (χ0n) is 27.6. The van der Waals surface area contributed by atoms with E-state index < -0.39 is 0 Å². The summed E-state index contributed by atoms with van der Waals surface area (Å²) in [4.78, 5) is 14.5. The number of benzene rings is 5. The summed E-state index contributed by atoms with van der Waals surface area (Å²) in [5, 5.41) is 2.11. The standard InChI is InChI=1S/C44H33N3OS2/c1-3-35-41(4-2)49-43(45-35)30-18-14-28(15-19-30)32-22-24-37-39(26-32)48-40-27-33(23-25-38(40)47(37)34-10-6-5-7-11-34)29-16-20-31(21-17-29)44-46-36-12-8-9-13-42(36)50-44/h4-7,9-11,13-27H,2-3,8,12H2,1H3. The summed E-state index contributed by atoms with van der Waals surface area (Å²) in [5.74, 6) is 1.64. The first-order valence-electron chi connectivity index (χ1n) is 17.0. The van der Waals surface area contributed by atoms with Crippen molar-refractivity contribution < 1.29 is 4.74 Å². The van der Waals surface area contributed by atoms with Crippen molar-refractivity contribution in [3.05, 3.63) is 149 Å². The van der Waals surface area contributed by atoms with Crippen molar-refractivity contribution in [1.29, 1.82) is 0 Å². The molecule has 0 N–H and O–H groups in total. The monoisotopic (exact) mass is 683 g/mol. The molecule has 0 amide bonds. The maximum atomic E-state index is 6.75. The van der Waals surface area contributed by atoms with Gasteiger partial charge in [-0.3, -0.25) is 0 Å². The lowest BCUT2D eigenvalue weighted by Crippen LogP contribution is -2.15. The first-order valence-corrected chi connectivity index (χ1v) is 18.6. The summed E-state index contributed by atoms with van der Waals surface area (Å²) in [5.41, 5.74) is 12.2. The van der Waals surface area contributed by atoms with Crippen molar-refractivity contribution in [1.82, 2.24) is 9.97 Å². The third-order valence-corrected chi connectivity index (χ3v) is 11.6. The van der Waals surface area contributed by atoms with E-state index in [0.717, 1.165) is 102 Å². The maximum absolute atomic E-state index is 6.75. The van der Waals surface area contributed by atoms with E-state index >= 15 is 0 Å². The third kappa shape index (κ3) is 5.47. The van der Waals surface area contributed by atoms with Crippen LogP contribution in [0.15, 0.2) is 128 Å². The number of hydrogen-bond donors (Lipinski definition) is 0. The molecule has 0 saturated heterocycles. The van der Waals surface area contributed by atoms with Crippen LogP contribution in [0.25, 0.3) is 55.5 Å². The number of hydrogen-bond acceptors (Lipinski definition) is 6. The Bertz CT molecular complexity index is 2300. The van der Waals surface area contributed by atoms with Crippen molar-refractivity contribution in [3.63, 3.8) is 0 Å². The van der Waals surface area contributed by atoms with E-state index in [9.17, 15) is 0 Å². The van der Waals surface area contributed by atoms with Crippen molar-refractivity contribution in [2.75, 3.05) is 4.90 Å². The number of fused-ring (bicyclic) bond motifs is 3. The Hall–Kier alpha value is -5.56. The Labute approximate surface area is 300 Å². The van der Waals surface area contributed by atoms with Crippen LogP contribution in [-0.4, -0.2) is 9.97 Å². The molecule has 0 fully saturated rings. The highest BCUT2D eigenvalue weighted by Gasteiger charge is 2.27. The molecular weight excluding hydrogens is 651 g/mol. The Morgan fingerprint density at radius 1 is 0.700 bits per heavy atom. The van der Waals surface area contributed by atoms with Crippen LogP contribution in [0.4, 0.5) is 17.1 Å². The predicted molar refractivity (Wildman–Crippen MR) is 211 cm³/mol. The molecule has 0 saturated carbocycles. The second-order valence-corrected chi connectivity index (χ2v) is 14.5. The molecule has 3 heterocycles. The summed E-state index contributed by atoms with van der Waals surface area (Å²) in [6, 6.07) is 40.9. The van der Waals surface area contributed by atoms with E-state index in [1.54, 1.807) is 22.7 Å². The average Bonchev–Trinajstić information content (AvgIpc) is 3.82. The molecule has 1 aliphatic heterocycles. The molecule has 1 aliphatic carbocycles. The fourth-order valence-corrected chi connectivity index (χ4v) is 8.80. The van der Waals surface area contributed by atoms with Gasteiger partial charge in [-0.15, -0.1) is 22.7 Å². The normalized spacial score (nSPS) is 12.9. The van der Waals surface area contributed by atoms with Gasteiger partial charge < -0.3 is 9.64 Å². The van der Waals surface area contributed by atoms with Gasteiger partial charge in [-0.2, -0.15) is 0 Å². The van der Waals surface area contributed by atoms with Crippen LogP contribution in [0.2, 0.25) is 0 Å². The zero-order valence-corrected chi connectivity index (χ0v) is 29.2. The van der Waals surface area contributed by atoms with Crippen molar-refractivity contribution in [2.45, 2.75) is 26.2 Å². The van der Waals surface area contributed by atoms with Crippen LogP contribution < -0.4 is 9.64 Å². The van der Waals surface area contributed by atoms with E-state index in [1.807, 2.05) is 6.08 Å². The van der Waals surface area contributed by atoms with Crippen molar-refractivity contribution in [3.8, 4) is 54.9 Å². The Morgan fingerprint density at radius 2 is 1.28 bits per heavy atom. The van der Waals surface area contributed by atoms with E-state index in [2.05, 4.69) is 146 Å². The molecule has 4 nitrogen and oxygen atoms in total. The van der Waals surface area contributed by atoms with Crippen LogP contribution in [-0.2, 0) is 12.8 Å². The number of aryl methyl sites for hydroxylation is 2. The molecule has 50 heavy (non-hydrogen) atoms. The molecule has 0 spiro atoms. The minimum absolute atomic E-state index is 0.820. The summed E-state index contributed by atoms with van der Waals surface area (Å²) in [6.45, 7) is 6.10. The minimum Gasteiger partial charge on any atom is -0.453 e. The first kappa shape index (κ1) is 30.5. The Morgan fingerprint density at radius 3 is 1.84 bits per heavy atom. The highest BCUT2D eigenvalue weighted by molar-refractivity contribution is 7.16. The smallest absolute Gasteiger partial charge is 0.152 e. The van der Waals surface area contributed by atoms with Gasteiger partial charge in [0.2, 0.25) is 0 Å². The number of ether oxygens (including phenoxy) is 1. The Balaban J connectivity index is 1.04. The van der Waals surface area contributed by atoms with Gasteiger partial charge in [0.1, 0.15) is 10.0 Å². The maximum Gasteiger partial charge on any atom is 0.152 e. The average molecular weight is 684 g/mol. The van der Waals surface area contributed by atoms with Crippen LogP contribution in [0.3, 0.4) is 0 Å². The van der Waals surface area contributed by atoms with E-state index in [4.69, 9.17) is 14.7 Å². The van der Waals surface area contributed by atoms with Gasteiger partial charge in [-0.1, -0.05) is 105 Å². The molecule has 2 aliphatic rings. The number of allylic oxidation sites excluding steroid dienone is 1. The largest absolute Gasteiger partial charge is 0.453 e. The SMILES string of the molecule is C=Cc1sc(-c2ccc(-c3ccc4c(c3)Oc3cc(-c5ccc(-c6nc7c(s6)C=CCC7)cc5)ccc3N4c3ccccc3)cc2)nc1CC.